The Labute approximate surface area is 85.2 Å². The van der Waals surface area contributed by atoms with Gasteiger partial charge in [0.15, 0.2) is 6.29 Å². The molecule has 0 aliphatic rings. The highest BCUT2D eigenvalue weighted by molar-refractivity contribution is 7.80. The molecule has 0 aliphatic heterocycles. The fourth-order valence-corrected chi connectivity index (χ4v) is 1.26. The minimum atomic E-state index is -1.18. The summed E-state index contributed by atoms with van der Waals surface area (Å²) in [6, 6.07) is 4.18. The summed E-state index contributed by atoms with van der Waals surface area (Å²) in [5, 5.41) is 17.3. The maximum Gasteiger partial charge on any atom is 0.336 e. The third-order valence-electron chi connectivity index (χ3n) is 1.65. The molecular formula is C9H5NO3S. The van der Waals surface area contributed by atoms with Crippen LogP contribution in [-0.2, 0) is 0 Å². The van der Waals surface area contributed by atoms with Gasteiger partial charge in [-0.1, -0.05) is 0 Å². The molecule has 0 fully saturated rings. The fraction of sp³-hybridized carbons (Fsp3) is 0. The Morgan fingerprint density at radius 1 is 1.57 bits per heavy atom. The van der Waals surface area contributed by atoms with Crippen LogP contribution >= 0.6 is 12.6 Å². The van der Waals surface area contributed by atoms with Crippen molar-refractivity contribution in [3.05, 3.63) is 28.8 Å². The molecule has 5 heteroatoms. The van der Waals surface area contributed by atoms with Crippen molar-refractivity contribution in [2.24, 2.45) is 0 Å². The van der Waals surface area contributed by atoms with E-state index in [1.54, 1.807) is 6.07 Å². The standard InChI is InChI=1S/C9H5NO3S/c10-3-5-2-8(14)7(9(12)13)1-6(5)4-11/h1-2,4,14H,(H,12,13). The van der Waals surface area contributed by atoms with Gasteiger partial charge in [-0.2, -0.15) is 5.26 Å². The summed E-state index contributed by atoms with van der Waals surface area (Å²) < 4.78 is 0. The molecule has 0 saturated carbocycles. The first kappa shape index (κ1) is 10.3. The average Bonchev–Trinajstić information content (AvgIpc) is 2.16. The summed E-state index contributed by atoms with van der Waals surface area (Å²) in [5.74, 6) is -1.18. The topological polar surface area (TPSA) is 78.2 Å². The lowest BCUT2D eigenvalue weighted by Crippen LogP contribution is -2.01. The van der Waals surface area contributed by atoms with E-state index < -0.39 is 5.97 Å². The van der Waals surface area contributed by atoms with Gasteiger partial charge in [0.1, 0.15) is 0 Å². The summed E-state index contributed by atoms with van der Waals surface area (Å²) in [6.07, 6.45) is 0.443. The van der Waals surface area contributed by atoms with Crippen molar-refractivity contribution >= 4 is 24.9 Å². The number of nitrogens with zero attached hydrogens (tertiary/aromatic N) is 1. The third-order valence-corrected chi connectivity index (χ3v) is 2.02. The molecule has 14 heavy (non-hydrogen) atoms. The molecule has 1 N–H and O–H groups in total. The van der Waals surface area contributed by atoms with Gasteiger partial charge < -0.3 is 5.11 Å². The minimum absolute atomic E-state index is 0.0581. The Morgan fingerprint density at radius 3 is 2.64 bits per heavy atom. The zero-order chi connectivity index (χ0) is 10.7. The third kappa shape index (κ3) is 1.75. The van der Waals surface area contributed by atoms with Crippen LogP contribution in [-0.4, -0.2) is 17.4 Å². The number of aldehydes is 1. The van der Waals surface area contributed by atoms with Crippen LogP contribution in [0, 0.1) is 11.3 Å². The van der Waals surface area contributed by atoms with Crippen molar-refractivity contribution in [3.63, 3.8) is 0 Å². The van der Waals surface area contributed by atoms with E-state index >= 15 is 0 Å². The fourth-order valence-electron chi connectivity index (χ4n) is 0.971. The number of nitriles is 1. The quantitative estimate of drug-likeness (QED) is 0.567. The Hall–Kier alpha value is -1.80. The van der Waals surface area contributed by atoms with Crippen LogP contribution in [0.4, 0.5) is 0 Å². The molecule has 0 saturated heterocycles. The zero-order valence-corrected chi connectivity index (χ0v) is 7.78. The van der Waals surface area contributed by atoms with E-state index in [0.717, 1.165) is 6.07 Å². The van der Waals surface area contributed by atoms with E-state index in [0.29, 0.717) is 6.29 Å². The second-order valence-electron chi connectivity index (χ2n) is 2.49. The highest BCUT2D eigenvalue weighted by Gasteiger charge is 2.12. The lowest BCUT2D eigenvalue weighted by Gasteiger charge is -2.02. The van der Waals surface area contributed by atoms with Gasteiger partial charge in [-0.3, -0.25) is 4.79 Å². The van der Waals surface area contributed by atoms with Crippen molar-refractivity contribution in [2.75, 3.05) is 0 Å². The van der Waals surface area contributed by atoms with Gasteiger partial charge in [-0.25, -0.2) is 4.79 Å². The van der Waals surface area contributed by atoms with Crippen LogP contribution in [0.1, 0.15) is 26.3 Å². The summed E-state index contributed by atoms with van der Waals surface area (Å²) in [5.41, 5.74) is 0.0899. The monoisotopic (exact) mass is 207 g/mol. The molecule has 4 nitrogen and oxygen atoms in total. The van der Waals surface area contributed by atoms with Crippen LogP contribution < -0.4 is 0 Å². The smallest absolute Gasteiger partial charge is 0.336 e. The lowest BCUT2D eigenvalue weighted by molar-refractivity contribution is 0.0693. The molecule has 1 aromatic carbocycles. The van der Waals surface area contributed by atoms with Crippen molar-refractivity contribution < 1.29 is 14.7 Å². The number of carboxylic acid groups (broad SMARTS) is 1. The second-order valence-corrected chi connectivity index (χ2v) is 2.97. The lowest BCUT2D eigenvalue weighted by atomic mass is 10.1. The average molecular weight is 207 g/mol. The molecule has 1 aromatic rings. The summed E-state index contributed by atoms with van der Waals surface area (Å²) in [6.45, 7) is 0. The number of carbonyl (C=O) groups excluding carboxylic acids is 1. The Bertz CT molecular complexity index is 447. The first-order valence-electron chi connectivity index (χ1n) is 3.55. The van der Waals surface area contributed by atoms with E-state index in [9.17, 15) is 9.59 Å². The first-order chi connectivity index (χ1) is 6.60. The molecule has 0 bridgehead atoms. The number of carboxylic acids is 1. The van der Waals surface area contributed by atoms with Crippen molar-refractivity contribution in [1.29, 1.82) is 5.26 Å². The van der Waals surface area contributed by atoms with E-state index in [2.05, 4.69) is 12.6 Å². The summed E-state index contributed by atoms with van der Waals surface area (Å²) in [4.78, 5) is 21.3. The van der Waals surface area contributed by atoms with Crippen LogP contribution in [0.5, 0.6) is 0 Å². The maximum atomic E-state index is 10.6. The number of aromatic carboxylic acids is 1. The Kier molecular flexibility index (Phi) is 2.89. The molecule has 0 atom stereocenters. The number of thiol groups is 1. The van der Waals surface area contributed by atoms with Gasteiger partial charge in [0.2, 0.25) is 0 Å². The molecule has 0 amide bonds. The van der Waals surface area contributed by atoms with Gasteiger partial charge in [0, 0.05) is 10.5 Å². The predicted molar refractivity (Wildman–Crippen MR) is 50.8 cm³/mol. The SMILES string of the molecule is N#Cc1cc(S)c(C(=O)O)cc1C=O. The molecule has 0 unspecified atom stereocenters. The highest BCUT2D eigenvalue weighted by Crippen LogP contribution is 2.18. The second kappa shape index (κ2) is 3.94. The molecule has 70 valence electrons. The Balaban J connectivity index is 3.47. The van der Waals surface area contributed by atoms with Crippen LogP contribution in [0.3, 0.4) is 0 Å². The zero-order valence-electron chi connectivity index (χ0n) is 6.89. The molecule has 0 aromatic heterocycles. The number of hydrogen-bond donors (Lipinski definition) is 2. The molecule has 1 rings (SSSR count). The van der Waals surface area contributed by atoms with Gasteiger partial charge in [-0.05, 0) is 12.1 Å². The van der Waals surface area contributed by atoms with E-state index in [4.69, 9.17) is 10.4 Å². The largest absolute Gasteiger partial charge is 0.478 e. The van der Waals surface area contributed by atoms with Gasteiger partial charge in [0.25, 0.3) is 0 Å². The normalized spacial score (nSPS) is 9.14. The van der Waals surface area contributed by atoms with E-state index in [-0.39, 0.29) is 21.6 Å². The maximum absolute atomic E-state index is 10.6. The van der Waals surface area contributed by atoms with Crippen molar-refractivity contribution in [3.8, 4) is 6.07 Å². The molecule has 0 aliphatic carbocycles. The number of benzene rings is 1. The van der Waals surface area contributed by atoms with Crippen LogP contribution in [0.2, 0.25) is 0 Å². The molecular weight excluding hydrogens is 202 g/mol. The minimum Gasteiger partial charge on any atom is -0.478 e. The first-order valence-corrected chi connectivity index (χ1v) is 4.00. The van der Waals surface area contributed by atoms with Gasteiger partial charge in [0.05, 0.1) is 17.2 Å². The van der Waals surface area contributed by atoms with Crippen molar-refractivity contribution in [1.82, 2.24) is 0 Å². The predicted octanol–water partition coefficient (Wildman–Crippen LogP) is 1.36. The number of hydrogen-bond acceptors (Lipinski definition) is 4. The van der Waals surface area contributed by atoms with Crippen LogP contribution in [0.15, 0.2) is 17.0 Å². The molecule has 0 heterocycles. The van der Waals surface area contributed by atoms with Crippen LogP contribution in [0.25, 0.3) is 0 Å². The highest BCUT2D eigenvalue weighted by atomic mass is 32.1. The van der Waals surface area contributed by atoms with Gasteiger partial charge in [-0.15, -0.1) is 12.6 Å². The summed E-state index contributed by atoms with van der Waals surface area (Å²) in [7, 11) is 0. The number of carbonyl (C=O) groups is 2. The Morgan fingerprint density at radius 2 is 2.21 bits per heavy atom. The molecule has 0 spiro atoms. The number of rotatable bonds is 2. The summed E-state index contributed by atoms with van der Waals surface area (Å²) >= 11 is 3.90. The molecule has 0 radical (unpaired) electrons. The van der Waals surface area contributed by atoms with Crippen molar-refractivity contribution in [2.45, 2.75) is 4.90 Å². The van der Waals surface area contributed by atoms with E-state index in [1.165, 1.54) is 6.07 Å². The van der Waals surface area contributed by atoms with E-state index in [1.807, 2.05) is 0 Å². The van der Waals surface area contributed by atoms with Gasteiger partial charge >= 0.3 is 5.97 Å².